The van der Waals surface area contributed by atoms with E-state index >= 15 is 0 Å². The number of sulfonamides is 1. The standard InChI is InChI=1S/C17H25N3O6S.ClH/c1-24-14-4-2-12(19-17(21)15-5-3-13(11-18)26-15)10-16(14)27(22,23)20-6-8-25-9-7-20;/h2,4,10,13,15H,3,5-9,11,18H2,1H3,(H,19,21);1H/t13-,15+;/m1./s1. The van der Waals surface area contributed by atoms with Crippen LogP contribution < -0.4 is 15.8 Å². The summed E-state index contributed by atoms with van der Waals surface area (Å²) < 4.78 is 43.3. The van der Waals surface area contributed by atoms with Crippen molar-refractivity contribution in [1.29, 1.82) is 0 Å². The van der Waals surface area contributed by atoms with Crippen molar-refractivity contribution >= 4 is 34.0 Å². The largest absolute Gasteiger partial charge is 0.495 e. The molecule has 3 N–H and O–H groups in total. The highest BCUT2D eigenvalue weighted by Gasteiger charge is 2.32. The van der Waals surface area contributed by atoms with Gasteiger partial charge in [0.05, 0.1) is 26.4 Å². The molecule has 1 aromatic carbocycles. The number of carbonyl (C=O) groups is 1. The number of carbonyl (C=O) groups excluding carboxylic acids is 1. The zero-order valence-electron chi connectivity index (χ0n) is 15.6. The number of ether oxygens (including phenoxy) is 3. The molecule has 1 aromatic rings. The molecular formula is C17H26ClN3O6S. The first kappa shape index (κ1) is 22.9. The summed E-state index contributed by atoms with van der Waals surface area (Å²) in [5.74, 6) is -0.0920. The van der Waals surface area contributed by atoms with Gasteiger partial charge in [-0.2, -0.15) is 4.31 Å². The van der Waals surface area contributed by atoms with E-state index in [4.69, 9.17) is 19.9 Å². The van der Waals surface area contributed by atoms with Gasteiger partial charge in [0, 0.05) is 25.3 Å². The van der Waals surface area contributed by atoms with Crippen LogP contribution in [0.1, 0.15) is 12.8 Å². The van der Waals surface area contributed by atoms with Gasteiger partial charge in [-0.15, -0.1) is 12.4 Å². The van der Waals surface area contributed by atoms with E-state index in [0.717, 1.165) is 6.42 Å². The number of nitrogens with zero attached hydrogens (tertiary/aromatic N) is 1. The highest BCUT2D eigenvalue weighted by atomic mass is 35.5. The second kappa shape index (κ2) is 9.86. The molecule has 3 rings (SSSR count). The minimum atomic E-state index is -3.77. The fraction of sp³-hybridized carbons (Fsp3) is 0.588. The second-order valence-corrected chi connectivity index (χ2v) is 8.34. The quantitative estimate of drug-likeness (QED) is 0.670. The average molecular weight is 436 g/mol. The van der Waals surface area contributed by atoms with E-state index in [1.54, 1.807) is 6.07 Å². The van der Waals surface area contributed by atoms with Crippen molar-refractivity contribution in [3.63, 3.8) is 0 Å². The minimum absolute atomic E-state index is 0. The van der Waals surface area contributed by atoms with Crippen LogP contribution in [0.5, 0.6) is 5.75 Å². The molecule has 9 nitrogen and oxygen atoms in total. The smallest absolute Gasteiger partial charge is 0.253 e. The lowest BCUT2D eigenvalue weighted by molar-refractivity contribution is -0.126. The van der Waals surface area contributed by atoms with E-state index < -0.39 is 16.1 Å². The Morgan fingerprint density at radius 2 is 2.04 bits per heavy atom. The first-order valence-electron chi connectivity index (χ1n) is 8.88. The van der Waals surface area contributed by atoms with Crippen LogP contribution in [0.2, 0.25) is 0 Å². The Morgan fingerprint density at radius 3 is 2.64 bits per heavy atom. The molecule has 0 unspecified atom stereocenters. The van der Waals surface area contributed by atoms with Gasteiger partial charge in [-0.3, -0.25) is 4.79 Å². The Bertz CT molecular complexity index is 785. The summed E-state index contributed by atoms with van der Waals surface area (Å²) in [5, 5.41) is 2.73. The zero-order valence-corrected chi connectivity index (χ0v) is 17.3. The third kappa shape index (κ3) is 4.94. The molecule has 1 amide bonds. The number of anilines is 1. The molecule has 0 aromatic heterocycles. The van der Waals surface area contributed by atoms with Gasteiger partial charge in [0.1, 0.15) is 16.7 Å². The van der Waals surface area contributed by atoms with Gasteiger partial charge in [0.15, 0.2) is 0 Å². The van der Waals surface area contributed by atoms with Gasteiger partial charge in [-0.1, -0.05) is 0 Å². The molecule has 28 heavy (non-hydrogen) atoms. The molecule has 0 radical (unpaired) electrons. The SMILES string of the molecule is COc1ccc(NC(=O)[C@@H]2CC[C@H](CN)O2)cc1S(=O)(=O)N1CCOCC1.Cl. The van der Waals surface area contributed by atoms with Crippen LogP contribution in [0, 0.1) is 0 Å². The molecule has 0 spiro atoms. The highest BCUT2D eigenvalue weighted by molar-refractivity contribution is 7.89. The molecule has 0 saturated carbocycles. The van der Waals surface area contributed by atoms with E-state index in [0.29, 0.717) is 31.9 Å². The van der Waals surface area contributed by atoms with Gasteiger partial charge in [-0.25, -0.2) is 8.42 Å². The first-order valence-corrected chi connectivity index (χ1v) is 10.3. The van der Waals surface area contributed by atoms with Crippen LogP contribution >= 0.6 is 12.4 Å². The Morgan fingerprint density at radius 1 is 1.32 bits per heavy atom. The molecule has 2 saturated heterocycles. The molecule has 2 aliphatic heterocycles. The molecule has 158 valence electrons. The zero-order chi connectivity index (χ0) is 19.4. The van der Waals surface area contributed by atoms with Gasteiger partial charge in [0.25, 0.3) is 5.91 Å². The number of morpholine rings is 1. The van der Waals surface area contributed by atoms with Crippen LogP contribution in [0.3, 0.4) is 0 Å². The molecule has 2 fully saturated rings. The molecule has 0 aliphatic carbocycles. The summed E-state index contributed by atoms with van der Waals surface area (Å²) in [5.41, 5.74) is 5.94. The van der Waals surface area contributed by atoms with Crippen LogP contribution in [-0.2, 0) is 24.3 Å². The number of halogens is 1. The normalized spacial score (nSPS) is 23.1. The lowest BCUT2D eigenvalue weighted by Crippen LogP contribution is -2.40. The van der Waals surface area contributed by atoms with Crippen LogP contribution in [0.25, 0.3) is 0 Å². The lowest BCUT2D eigenvalue weighted by atomic mass is 10.2. The van der Waals surface area contributed by atoms with E-state index in [-0.39, 0.29) is 48.2 Å². The minimum Gasteiger partial charge on any atom is -0.495 e. The monoisotopic (exact) mass is 435 g/mol. The lowest BCUT2D eigenvalue weighted by Gasteiger charge is -2.27. The maximum Gasteiger partial charge on any atom is 0.253 e. The maximum atomic E-state index is 13.0. The van der Waals surface area contributed by atoms with Crippen molar-refractivity contribution < 1.29 is 27.4 Å². The number of methoxy groups -OCH3 is 1. The van der Waals surface area contributed by atoms with E-state index in [1.165, 1.54) is 23.5 Å². The molecule has 0 bridgehead atoms. The van der Waals surface area contributed by atoms with E-state index in [1.807, 2.05) is 0 Å². The van der Waals surface area contributed by atoms with Crippen molar-refractivity contribution in [2.75, 3.05) is 45.3 Å². The van der Waals surface area contributed by atoms with Gasteiger partial charge in [-0.05, 0) is 31.0 Å². The van der Waals surface area contributed by atoms with Gasteiger partial charge < -0.3 is 25.3 Å². The third-order valence-electron chi connectivity index (χ3n) is 4.68. The number of amides is 1. The predicted octanol–water partition coefficient (Wildman–Crippen LogP) is 0.583. The Hall–Kier alpha value is -1.43. The summed E-state index contributed by atoms with van der Waals surface area (Å²) in [6.07, 6.45) is 0.616. The summed E-state index contributed by atoms with van der Waals surface area (Å²) in [6.45, 7) is 1.61. The molecule has 2 aliphatic rings. The van der Waals surface area contributed by atoms with Crippen LogP contribution in [0.4, 0.5) is 5.69 Å². The number of nitrogens with one attached hydrogen (secondary N) is 1. The van der Waals surface area contributed by atoms with Crippen molar-refractivity contribution in [3.8, 4) is 5.75 Å². The molecule has 11 heteroatoms. The molecule has 2 atom stereocenters. The Balaban J connectivity index is 0.00000280. The van der Waals surface area contributed by atoms with Crippen LogP contribution in [0.15, 0.2) is 23.1 Å². The molecular weight excluding hydrogens is 410 g/mol. The Kier molecular flexibility index (Phi) is 8.05. The Labute approximate surface area is 170 Å². The summed E-state index contributed by atoms with van der Waals surface area (Å²) in [6, 6.07) is 4.54. The summed E-state index contributed by atoms with van der Waals surface area (Å²) >= 11 is 0. The molecule has 2 heterocycles. The van der Waals surface area contributed by atoms with Crippen molar-refractivity contribution in [2.24, 2.45) is 5.73 Å². The predicted molar refractivity (Wildman–Crippen MR) is 105 cm³/mol. The van der Waals surface area contributed by atoms with E-state index in [2.05, 4.69) is 5.32 Å². The maximum absolute atomic E-state index is 13.0. The highest BCUT2D eigenvalue weighted by Crippen LogP contribution is 2.30. The fourth-order valence-corrected chi connectivity index (χ4v) is 4.77. The third-order valence-corrected chi connectivity index (χ3v) is 6.60. The first-order chi connectivity index (χ1) is 13.0. The number of rotatable bonds is 6. The van der Waals surface area contributed by atoms with Crippen molar-refractivity contribution in [1.82, 2.24) is 4.31 Å². The summed E-state index contributed by atoms with van der Waals surface area (Å²) in [4.78, 5) is 12.4. The van der Waals surface area contributed by atoms with Gasteiger partial charge in [0.2, 0.25) is 10.0 Å². The number of hydrogen-bond acceptors (Lipinski definition) is 7. The summed E-state index contributed by atoms with van der Waals surface area (Å²) in [7, 11) is -2.36. The second-order valence-electron chi connectivity index (χ2n) is 6.43. The van der Waals surface area contributed by atoms with Crippen LogP contribution in [-0.4, -0.2) is 70.8 Å². The number of hydrogen-bond donors (Lipinski definition) is 2. The van der Waals surface area contributed by atoms with Gasteiger partial charge >= 0.3 is 0 Å². The van der Waals surface area contributed by atoms with E-state index in [9.17, 15) is 13.2 Å². The average Bonchev–Trinajstić information content (AvgIpc) is 3.18. The number of benzene rings is 1. The topological polar surface area (TPSA) is 120 Å². The van der Waals surface area contributed by atoms with Crippen molar-refractivity contribution in [2.45, 2.75) is 29.9 Å². The number of nitrogens with two attached hydrogens (primary N) is 1. The van der Waals surface area contributed by atoms with Crippen molar-refractivity contribution in [3.05, 3.63) is 18.2 Å². The fourth-order valence-electron chi connectivity index (χ4n) is 3.18.